The molecule has 214 valence electrons. The molecule has 40 heavy (non-hydrogen) atoms. The van der Waals surface area contributed by atoms with Crippen molar-refractivity contribution in [2.24, 2.45) is 0 Å². The number of hydrogen-bond donors (Lipinski definition) is 1. The molecule has 0 heterocycles. The van der Waals surface area contributed by atoms with E-state index in [4.69, 9.17) is 11.6 Å². The van der Waals surface area contributed by atoms with E-state index < -0.39 is 34.1 Å². The van der Waals surface area contributed by atoms with Crippen LogP contribution in [-0.2, 0) is 26.2 Å². The number of aryl methyl sites for hydroxylation is 2. The van der Waals surface area contributed by atoms with E-state index in [2.05, 4.69) is 21.2 Å². The maximum atomic E-state index is 14.0. The topological polar surface area (TPSA) is 86.8 Å². The standard InChI is InChI=1S/C30H35BrClN3O4S/c1-20-10-13-26(16-21(20)2)35(40(38,39)27-14-11-25(32)12-15-27)19-28(36)34(18-23-8-7-9-24(31)17-23)22(3)29(37)33-30(4,5)6/h7-17,22H,18-19H2,1-6H3,(H,33,37)/t22-/m1/s1. The lowest BCUT2D eigenvalue weighted by molar-refractivity contribution is -0.140. The van der Waals surface area contributed by atoms with Crippen LogP contribution in [0.25, 0.3) is 0 Å². The molecule has 1 N–H and O–H groups in total. The molecule has 7 nitrogen and oxygen atoms in total. The molecule has 0 aliphatic carbocycles. The predicted molar refractivity (Wildman–Crippen MR) is 164 cm³/mol. The first kappa shape index (κ1) is 31.6. The Bertz CT molecular complexity index is 1490. The molecule has 0 saturated carbocycles. The van der Waals surface area contributed by atoms with Gasteiger partial charge < -0.3 is 10.2 Å². The van der Waals surface area contributed by atoms with Gasteiger partial charge in [0.15, 0.2) is 0 Å². The fraction of sp³-hybridized carbons (Fsp3) is 0.333. The van der Waals surface area contributed by atoms with E-state index in [0.717, 1.165) is 25.5 Å². The Morgan fingerprint density at radius 1 is 0.975 bits per heavy atom. The van der Waals surface area contributed by atoms with Crippen LogP contribution in [0.2, 0.25) is 5.02 Å². The van der Waals surface area contributed by atoms with Gasteiger partial charge in [-0.25, -0.2) is 8.42 Å². The smallest absolute Gasteiger partial charge is 0.264 e. The molecule has 0 radical (unpaired) electrons. The Kier molecular flexibility index (Phi) is 10.1. The molecule has 0 spiro atoms. The molecule has 10 heteroatoms. The van der Waals surface area contributed by atoms with E-state index in [1.807, 2.05) is 65.0 Å². The van der Waals surface area contributed by atoms with Crippen molar-refractivity contribution in [1.82, 2.24) is 10.2 Å². The number of carbonyl (C=O) groups excluding carboxylic acids is 2. The SMILES string of the molecule is Cc1ccc(N(CC(=O)N(Cc2cccc(Br)c2)[C@H](C)C(=O)NC(C)(C)C)S(=O)(=O)c2ccc(Cl)cc2)cc1C. The molecule has 2 amide bonds. The minimum absolute atomic E-state index is 0.00000731. The van der Waals surface area contributed by atoms with Crippen LogP contribution < -0.4 is 9.62 Å². The Hall–Kier alpha value is -2.88. The van der Waals surface area contributed by atoms with E-state index in [-0.39, 0.29) is 17.3 Å². The van der Waals surface area contributed by atoms with Crippen molar-refractivity contribution in [3.8, 4) is 0 Å². The van der Waals surface area contributed by atoms with Gasteiger partial charge in [-0.2, -0.15) is 0 Å². The Morgan fingerprint density at radius 2 is 1.62 bits per heavy atom. The van der Waals surface area contributed by atoms with E-state index in [9.17, 15) is 18.0 Å². The van der Waals surface area contributed by atoms with Crippen molar-refractivity contribution >= 4 is 55.1 Å². The molecule has 0 unspecified atom stereocenters. The predicted octanol–water partition coefficient (Wildman–Crippen LogP) is 6.25. The van der Waals surface area contributed by atoms with Gasteiger partial charge in [0, 0.05) is 21.6 Å². The highest BCUT2D eigenvalue weighted by Crippen LogP contribution is 2.27. The zero-order valence-corrected chi connectivity index (χ0v) is 26.7. The molecule has 0 saturated heterocycles. The number of sulfonamides is 1. The van der Waals surface area contributed by atoms with Gasteiger partial charge in [-0.1, -0.05) is 45.7 Å². The largest absolute Gasteiger partial charge is 0.350 e. The second-order valence-electron chi connectivity index (χ2n) is 10.8. The first-order chi connectivity index (χ1) is 18.6. The third kappa shape index (κ3) is 8.08. The Balaban J connectivity index is 2.07. The van der Waals surface area contributed by atoms with Crippen molar-refractivity contribution in [1.29, 1.82) is 0 Å². The first-order valence-corrected chi connectivity index (χ1v) is 15.4. The van der Waals surface area contributed by atoms with E-state index in [1.54, 1.807) is 19.1 Å². The molecule has 0 fully saturated rings. The highest BCUT2D eigenvalue weighted by molar-refractivity contribution is 9.10. The van der Waals surface area contributed by atoms with Gasteiger partial charge in [0.05, 0.1) is 10.6 Å². The lowest BCUT2D eigenvalue weighted by Gasteiger charge is -2.33. The average Bonchev–Trinajstić information content (AvgIpc) is 2.86. The zero-order valence-electron chi connectivity index (χ0n) is 23.5. The van der Waals surface area contributed by atoms with E-state index in [0.29, 0.717) is 10.7 Å². The van der Waals surface area contributed by atoms with Crippen molar-refractivity contribution < 1.29 is 18.0 Å². The number of nitrogens with zero attached hydrogens (tertiary/aromatic N) is 2. The third-order valence-corrected chi connectivity index (χ3v) is 8.90. The van der Waals surface area contributed by atoms with E-state index in [1.165, 1.54) is 29.2 Å². The number of hydrogen-bond acceptors (Lipinski definition) is 4. The lowest BCUT2D eigenvalue weighted by atomic mass is 10.1. The summed E-state index contributed by atoms with van der Waals surface area (Å²) in [6.45, 7) is 10.6. The summed E-state index contributed by atoms with van der Waals surface area (Å²) in [4.78, 5) is 28.6. The van der Waals surface area contributed by atoms with Crippen LogP contribution in [-0.4, -0.2) is 43.3 Å². The molecule has 3 aromatic carbocycles. The van der Waals surface area contributed by atoms with Gasteiger partial charge >= 0.3 is 0 Å². The van der Waals surface area contributed by atoms with E-state index >= 15 is 0 Å². The highest BCUT2D eigenvalue weighted by Gasteiger charge is 2.33. The lowest BCUT2D eigenvalue weighted by Crippen LogP contribution is -2.54. The zero-order chi connectivity index (χ0) is 29.8. The minimum atomic E-state index is -4.16. The summed E-state index contributed by atoms with van der Waals surface area (Å²) in [5, 5.41) is 3.32. The Labute approximate surface area is 250 Å². The minimum Gasteiger partial charge on any atom is -0.350 e. The molecule has 3 rings (SSSR count). The molecule has 3 aromatic rings. The molecule has 0 aromatic heterocycles. The van der Waals surface area contributed by atoms with Crippen LogP contribution >= 0.6 is 27.5 Å². The average molecular weight is 649 g/mol. The molecular weight excluding hydrogens is 614 g/mol. The first-order valence-electron chi connectivity index (χ1n) is 12.8. The van der Waals surface area contributed by atoms with Gasteiger partial charge in [0.1, 0.15) is 12.6 Å². The van der Waals surface area contributed by atoms with Crippen LogP contribution in [0, 0.1) is 13.8 Å². The van der Waals surface area contributed by atoms with Gasteiger partial charge in [-0.3, -0.25) is 13.9 Å². The normalized spacial score (nSPS) is 12.5. The molecule has 0 aliphatic heterocycles. The fourth-order valence-corrected chi connectivity index (χ4v) is 6.01. The number of benzene rings is 3. The maximum Gasteiger partial charge on any atom is 0.264 e. The maximum absolute atomic E-state index is 14.0. The number of anilines is 1. The molecule has 0 bridgehead atoms. The number of carbonyl (C=O) groups is 2. The monoisotopic (exact) mass is 647 g/mol. The summed E-state index contributed by atoms with van der Waals surface area (Å²) in [6, 6.07) is 17.6. The van der Waals surface area contributed by atoms with Gasteiger partial charge in [0.2, 0.25) is 11.8 Å². The number of amides is 2. The number of rotatable bonds is 9. The van der Waals surface area contributed by atoms with Crippen LogP contribution in [0.5, 0.6) is 0 Å². The van der Waals surface area contributed by atoms with Crippen LogP contribution in [0.1, 0.15) is 44.4 Å². The van der Waals surface area contributed by atoms with Crippen LogP contribution in [0.4, 0.5) is 5.69 Å². The summed E-state index contributed by atoms with van der Waals surface area (Å²) < 4.78 is 29.8. The summed E-state index contributed by atoms with van der Waals surface area (Å²) in [6.07, 6.45) is 0. The summed E-state index contributed by atoms with van der Waals surface area (Å²) in [5.74, 6) is -0.860. The van der Waals surface area contributed by atoms with Crippen LogP contribution in [0.3, 0.4) is 0 Å². The summed E-state index contributed by atoms with van der Waals surface area (Å²) in [7, 11) is -4.16. The second-order valence-corrected chi connectivity index (χ2v) is 14.0. The van der Waals surface area contributed by atoms with Gasteiger partial charge in [-0.05, 0) is 107 Å². The fourth-order valence-electron chi connectivity index (χ4n) is 4.03. The number of nitrogens with one attached hydrogen (secondary N) is 1. The second kappa shape index (κ2) is 12.7. The molecule has 1 atom stereocenters. The van der Waals surface area contributed by atoms with Gasteiger partial charge in [0.25, 0.3) is 10.0 Å². The summed E-state index contributed by atoms with van der Waals surface area (Å²) in [5.41, 5.74) is 2.49. The van der Waals surface area contributed by atoms with Crippen molar-refractivity contribution in [2.45, 2.75) is 64.6 Å². The highest BCUT2D eigenvalue weighted by atomic mass is 79.9. The molecular formula is C30H35BrClN3O4S. The Morgan fingerprint density at radius 3 is 2.20 bits per heavy atom. The van der Waals surface area contributed by atoms with Crippen molar-refractivity contribution in [2.75, 3.05) is 10.8 Å². The van der Waals surface area contributed by atoms with Crippen molar-refractivity contribution in [3.05, 3.63) is 92.9 Å². The summed E-state index contributed by atoms with van der Waals surface area (Å²) >= 11 is 9.47. The van der Waals surface area contributed by atoms with Crippen LogP contribution in [0.15, 0.2) is 76.1 Å². The van der Waals surface area contributed by atoms with Crippen molar-refractivity contribution in [3.63, 3.8) is 0 Å². The number of halogens is 2. The van der Waals surface area contributed by atoms with Gasteiger partial charge in [-0.15, -0.1) is 0 Å². The third-order valence-electron chi connectivity index (χ3n) is 6.37. The molecule has 0 aliphatic rings. The quantitative estimate of drug-likeness (QED) is 0.297.